The van der Waals surface area contributed by atoms with Gasteiger partial charge in [0.1, 0.15) is 5.82 Å². The van der Waals surface area contributed by atoms with Crippen LogP contribution in [0.2, 0.25) is 0 Å². The van der Waals surface area contributed by atoms with Crippen LogP contribution in [0.15, 0.2) is 24.5 Å². The van der Waals surface area contributed by atoms with Crippen LogP contribution in [0.1, 0.15) is 39.5 Å². The average Bonchev–Trinajstić information content (AvgIpc) is 3.01. The number of anilines is 1. The number of thiazole rings is 1. The molecule has 0 aliphatic carbocycles. The van der Waals surface area contributed by atoms with Gasteiger partial charge in [0.05, 0.1) is 10.6 Å². The van der Waals surface area contributed by atoms with Gasteiger partial charge in [-0.15, -0.1) is 11.3 Å². The van der Waals surface area contributed by atoms with E-state index in [1.807, 2.05) is 23.2 Å². The van der Waals surface area contributed by atoms with Crippen molar-refractivity contribution in [3.63, 3.8) is 0 Å². The highest BCUT2D eigenvalue weighted by atomic mass is 32.1. The third-order valence-electron chi connectivity index (χ3n) is 3.98. The summed E-state index contributed by atoms with van der Waals surface area (Å²) in [5, 5.41) is 4.41. The maximum atomic E-state index is 12.7. The molecule has 0 aromatic carbocycles. The predicted octanol–water partition coefficient (Wildman–Crippen LogP) is 3.13. The molecule has 0 atom stereocenters. The third kappa shape index (κ3) is 4.07. The van der Waals surface area contributed by atoms with E-state index in [2.05, 4.69) is 22.2 Å². The lowest BCUT2D eigenvalue weighted by Gasteiger charge is -2.27. The maximum Gasteiger partial charge on any atom is 0.257 e. The number of piperidine rings is 1. The molecule has 1 saturated heterocycles. The summed E-state index contributed by atoms with van der Waals surface area (Å²) in [4.78, 5) is 24.6. The van der Waals surface area contributed by atoms with Crippen LogP contribution in [-0.4, -0.2) is 40.4 Å². The van der Waals surface area contributed by atoms with Crippen LogP contribution >= 0.6 is 11.3 Å². The molecular formula is C17H22N4OS. The highest BCUT2D eigenvalue weighted by molar-refractivity contribution is 7.11. The molecule has 0 radical (unpaired) electrons. The van der Waals surface area contributed by atoms with E-state index in [0.29, 0.717) is 11.4 Å². The number of nitrogens with zero attached hydrogens (tertiary/aromatic N) is 3. The molecule has 3 heterocycles. The van der Waals surface area contributed by atoms with Crippen molar-refractivity contribution in [2.24, 2.45) is 0 Å². The molecular weight excluding hydrogens is 308 g/mol. The van der Waals surface area contributed by atoms with E-state index in [1.165, 1.54) is 11.3 Å². The number of rotatable bonds is 5. The van der Waals surface area contributed by atoms with Gasteiger partial charge in [-0.05, 0) is 38.3 Å². The van der Waals surface area contributed by atoms with Crippen molar-refractivity contribution in [2.75, 3.05) is 25.0 Å². The second-order valence-corrected chi connectivity index (χ2v) is 7.11. The molecule has 0 bridgehead atoms. The fourth-order valence-corrected chi connectivity index (χ4v) is 3.58. The van der Waals surface area contributed by atoms with E-state index < -0.39 is 0 Å². The molecule has 23 heavy (non-hydrogen) atoms. The van der Waals surface area contributed by atoms with Crippen LogP contribution in [0.5, 0.6) is 0 Å². The predicted molar refractivity (Wildman–Crippen MR) is 93.0 cm³/mol. The van der Waals surface area contributed by atoms with Gasteiger partial charge in [-0.3, -0.25) is 4.79 Å². The van der Waals surface area contributed by atoms with Crippen LogP contribution in [0, 0.1) is 6.92 Å². The molecule has 0 spiro atoms. The highest BCUT2D eigenvalue weighted by Gasteiger charge is 2.21. The Labute approximate surface area is 140 Å². The quantitative estimate of drug-likeness (QED) is 0.915. The molecule has 2 aromatic rings. The summed E-state index contributed by atoms with van der Waals surface area (Å²) in [6.07, 6.45) is 7.87. The molecule has 1 N–H and O–H groups in total. The molecule has 1 amide bonds. The van der Waals surface area contributed by atoms with Crippen molar-refractivity contribution in [1.82, 2.24) is 14.9 Å². The van der Waals surface area contributed by atoms with Gasteiger partial charge in [0.2, 0.25) is 0 Å². The topological polar surface area (TPSA) is 58.1 Å². The first-order chi connectivity index (χ1) is 11.2. The fourth-order valence-electron chi connectivity index (χ4n) is 2.79. The van der Waals surface area contributed by atoms with Crippen LogP contribution in [0.3, 0.4) is 0 Å². The van der Waals surface area contributed by atoms with E-state index in [-0.39, 0.29) is 5.91 Å². The monoisotopic (exact) mass is 330 g/mol. The Morgan fingerprint density at radius 3 is 2.87 bits per heavy atom. The number of hydrogen-bond donors (Lipinski definition) is 1. The van der Waals surface area contributed by atoms with Gasteiger partial charge in [0, 0.05) is 43.3 Å². The van der Waals surface area contributed by atoms with Gasteiger partial charge in [-0.2, -0.15) is 0 Å². The number of amides is 1. The van der Waals surface area contributed by atoms with Crippen LogP contribution < -0.4 is 5.32 Å². The Hall–Kier alpha value is -1.95. The Morgan fingerprint density at radius 1 is 1.30 bits per heavy atom. The van der Waals surface area contributed by atoms with Gasteiger partial charge < -0.3 is 10.2 Å². The van der Waals surface area contributed by atoms with Crippen molar-refractivity contribution >= 4 is 23.1 Å². The average molecular weight is 330 g/mol. The maximum absolute atomic E-state index is 12.7. The number of nitrogens with one attached hydrogen (secondary N) is 1. The lowest BCUT2D eigenvalue weighted by molar-refractivity contribution is 0.0725. The van der Waals surface area contributed by atoms with E-state index in [4.69, 9.17) is 0 Å². The number of likely N-dealkylation sites (tertiary alicyclic amines) is 1. The number of aromatic nitrogens is 2. The normalized spacial score (nSPS) is 14.7. The standard InChI is InChI=1S/C17H22N4OS/c1-13-12-20-15(23-13)7-9-19-16-14(6-5-8-18-16)17(22)21-10-3-2-4-11-21/h5-6,8,12H,2-4,7,9-11H2,1H3,(H,18,19). The summed E-state index contributed by atoms with van der Waals surface area (Å²) in [5.41, 5.74) is 0.671. The van der Waals surface area contributed by atoms with Gasteiger partial charge in [0.15, 0.2) is 0 Å². The first kappa shape index (κ1) is 15.9. The number of aryl methyl sites for hydroxylation is 1. The van der Waals surface area contributed by atoms with Gasteiger partial charge in [-0.1, -0.05) is 0 Å². The fraction of sp³-hybridized carbons (Fsp3) is 0.471. The van der Waals surface area contributed by atoms with E-state index >= 15 is 0 Å². The van der Waals surface area contributed by atoms with Crippen molar-refractivity contribution < 1.29 is 4.79 Å². The van der Waals surface area contributed by atoms with Crippen LogP contribution in [0.25, 0.3) is 0 Å². The first-order valence-corrected chi connectivity index (χ1v) is 8.95. The van der Waals surface area contributed by atoms with Crippen molar-refractivity contribution in [3.05, 3.63) is 40.0 Å². The Balaban J connectivity index is 1.64. The summed E-state index contributed by atoms with van der Waals surface area (Å²) < 4.78 is 0. The summed E-state index contributed by atoms with van der Waals surface area (Å²) in [6.45, 7) is 4.49. The van der Waals surface area contributed by atoms with E-state index in [1.54, 1.807) is 17.5 Å². The van der Waals surface area contributed by atoms with Crippen molar-refractivity contribution in [2.45, 2.75) is 32.6 Å². The SMILES string of the molecule is Cc1cnc(CCNc2ncccc2C(=O)N2CCCCC2)s1. The molecule has 1 aliphatic rings. The van der Waals surface area contributed by atoms with Crippen LogP contribution in [-0.2, 0) is 6.42 Å². The zero-order valence-corrected chi connectivity index (χ0v) is 14.2. The van der Waals surface area contributed by atoms with Crippen molar-refractivity contribution in [3.8, 4) is 0 Å². The number of pyridine rings is 1. The Bertz CT molecular complexity index is 664. The smallest absolute Gasteiger partial charge is 0.257 e. The summed E-state index contributed by atoms with van der Waals surface area (Å²) >= 11 is 1.71. The number of hydrogen-bond acceptors (Lipinski definition) is 5. The lowest BCUT2D eigenvalue weighted by atomic mass is 10.1. The molecule has 0 saturated carbocycles. The van der Waals surface area contributed by atoms with Crippen LogP contribution in [0.4, 0.5) is 5.82 Å². The second-order valence-electron chi connectivity index (χ2n) is 5.79. The van der Waals surface area contributed by atoms with Crippen molar-refractivity contribution in [1.29, 1.82) is 0 Å². The summed E-state index contributed by atoms with van der Waals surface area (Å²) in [5.74, 6) is 0.766. The first-order valence-electron chi connectivity index (χ1n) is 8.13. The third-order valence-corrected chi connectivity index (χ3v) is 4.95. The molecule has 0 unspecified atom stereocenters. The van der Waals surface area contributed by atoms with Gasteiger partial charge >= 0.3 is 0 Å². The molecule has 5 nitrogen and oxygen atoms in total. The molecule has 3 rings (SSSR count). The second kappa shape index (κ2) is 7.55. The lowest BCUT2D eigenvalue weighted by Crippen LogP contribution is -2.36. The molecule has 1 fully saturated rings. The highest BCUT2D eigenvalue weighted by Crippen LogP contribution is 2.18. The molecule has 1 aliphatic heterocycles. The minimum atomic E-state index is 0.0883. The zero-order chi connectivity index (χ0) is 16.1. The van der Waals surface area contributed by atoms with E-state index in [0.717, 1.165) is 43.9 Å². The van der Waals surface area contributed by atoms with Gasteiger partial charge in [-0.25, -0.2) is 9.97 Å². The largest absolute Gasteiger partial charge is 0.369 e. The summed E-state index contributed by atoms with van der Waals surface area (Å²) in [6, 6.07) is 3.69. The minimum absolute atomic E-state index is 0.0883. The number of carbonyl (C=O) groups excluding carboxylic acids is 1. The Kier molecular flexibility index (Phi) is 5.23. The minimum Gasteiger partial charge on any atom is -0.369 e. The molecule has 122 valence electrons. The Morgan fingerprint density at radius 2 is 2.13 bits per heavy atom. The van der Waals surface area contributed by atoms with Gasteiger partial charge in [0.25, 0.3) is 5.91 Å². The summed E-state index contributed by atoms with van der Waals surface area (Å²) in [7, 11) is 0. The zero-order valence-electron chi connectivity index (χ0n) is 13.4. The number of carbonyl (C=O) groups is 1. The van der Waals surface area contributed by atoms with E-state index in [9.17, 15) is 4.79 Å². The molecule has 2 aromatic heterocycles. The molecule has 6 heteroatoms.